The molecule has 1 fully saturated rings. The largest absolute Gasteiger partial charge is 0.478 e. The van der Waals surface area contributed by atoms with Crippen molar-refractivity contribution in [3.05, 3.63) is 98.5 Å². The second-order valence-electron chi connectivity index (χ2n) is 8.26. The lowest BCUT2D eigenvalue weighted by Crippen LogP contribution is -2.33. The van der Waals surface area contributed by atoms with Crippen molar-refractivity contribution in [3.63, 3.8) is 0 Å². The number of nitrogens with zero attached hydrogens (tertiary/aromatic N) is 1. The van der Waals surface area contributed by atoms with Gasteiger partial charge in [0.2, 0.25) is 5.91 Å². The molecule has 5 rings (SSSR count). The molecule has 6 heteroatoms. The maximum absolute atomic E-state index is 13.7. The number of rotatable bonds is 5. The molecule has 2 aliphatic rings. The maximum Gasteiger partial charge on any atom is 0.335 e. The zero-order valence-electron chi connectivity index (χ0n) is 16.5. The number of carbonyl (C=O) groups excluding carboxylic acids is 1. The Kier molecular flexibility index (Phi) is 4.91. The van der Waals surface area contributed by atoms with Gasteiger partial charge in [-0.1, -0.05) is 51.8 Å². The van der Waals surface area contributed by atoms with Crippen molar-refractivity contribution in [1.82, 2.24) is 0 Å². The van der Waals surface area contributed by atoms with Crippen LogP contribution in [0.1, 0.15) is 33.5 Å². The summed E-state index contributed by atoms with van der Waals surface area (Å²) in [6, 6.07) is 20.6. The lowest BCUT2D eigenvalue weighted by atomic mass is 9.92. The van der Waals surface area contributed by atoms with Crippen LogP contribution < -0.4 is 4.90 Å². The summed E-state index contributed by atoms with van der Waals surface area (Å²) in [5, 5.41) is 10.0. The fourth-order valence-electron chi connectivity index (χ4n) is 4.78. The minimum absolute atomic E-state index is 0.0975. The van der Waals surface area contributed by atoms with E-state index in [9.17, 15) is 14.7 Å². The van der Waals surface area contributed by atoms with Crippen molar-refractivity contribution in [3.8, 4) is 0 Å². The number of hydrogen-bond acceptors (Lipinski definition) is 2. The highest BCUT2D eigenvalue weighted by molar-refractivity contribution is 9.10. The van der Waals surface area contributed by atoms with E-state index >= 15 is 0 Å². The SMILES string of the molecule is O=C(O)c1cccc(CN2C(=O)C3(CC3Cc3ccc(Cl)cc3)c3cc(Br)ccc32)c1. The molecule has 1 aliphatic carbocycles. The molecule has 0 bridgehead atoms. The molecule has 156 valence electrons. The highest BCUT2D eigenvalue weighted by atomic mass is 79.9. The smallest absolute Gasteiger partial charge is 0.335 e. The number of hydrogen-bond donors (Lipinski definition) is 1. The van der Waals surface area contributed by atoms with Gasteiger partial charge in [-0.25, -0.2) is 4.79 Å². The third-order valence-corrected chi connectivity index (χ3v) is 7.12. The molecule has 3 aromatic carbocycles. The Balaban J connectivity index is 1.47. The number of benzene rings is 3. The molecule has 1 N–H and O–H groups in total. The molecule has 2 unspecified atom stereocenters. The predicted molar refractivity (Wildman–Crippen MR) is 124 cm³/mol. The van der Waals surface area contributed by atoms with Crippen LogP contribution in [0.15, 0.2) is 71.2 Å². The fourth-order valence-corrected chi connectivity index (χ4v) is 5.27. The van der Waals surface area contributed by atoms with E-state index < -0.39 is 11.4 Å². The van der Waals surface area contributed by atoms with E-state index in [0.717, 1.165) is 34.1 Å². The van der Waals surface area contributed by atoms with E-state index in [1.54, 1.807) is 18.2 Å². The standard InChI is InChI=1S/C25H19BrClNO3/c26-19-6-9-22-21(12-19)25(13-18(25)11-15-4-7-20(27)8-5-15)24(31)28(22)14-16-2-1-3-17(10-16)23(29)30/h1-10,12,18H,11,13-14H2,(H,29,30). The summed E-state index contributed by atoms with van der Waals surface area (Å²) in [5.41, 5.74) is 3.65. The minimum atomic E-state index is -0.972. The highest BCUT2D eigenvalue weighted by Crippen LogP contribution is 2.63. The van der Waals surface area contributed by atoms with Crippen LogP contribution in [-0.2, 0) is 23.2 Å². The van der Waals surface area contributed by atoms with Crippen molar-refractivity contribution < 1.29 is 14.7 Å². The van der Waals surface area contributed by atoms with Crippen LogP contribution in [0.25, 0.3) is 0 Å². The van der Waals surface area contributed by atoms with Crippen LogP contribution in [-0.4, -0.2) is 17.0 Å². The molecule has 1 saturated carbocycles. The maximum atomic E-state index is 13.7. The first kappa shape index (κ1) is 20.3. The molecule has 1 heterocycles. The second-order valence-corrected chi connectivity index (χ2v) is 9.61. The van der Waals surface area contributed by atoms with Crippen molar-refractivity contribution in [2.24, 2.45) is 5.92 Å². The van der Waals surface area contributed by atoms with E-state index in [2.05, 4.69) is 22.0 Å². The molecule has 0 saturated heterocycles. The van der Waals surface area contributed by atoms with E-state index in [4.69, 9.17) is 11.6 Å². The molecule has 2 atom stereocenters. The predicted octanol–water partition coefficient (Wildman–Crippen LogP) is 5.85. The number of carbonyl (C=O) groups is 2. The first-order valence-electron chi connectivity index (χ1n) is 10.1. The average molecular weight is 497 g/mol. The summed E-state index contributed by atoms with van der Waals surface area (Å²) in [6.45, 7) is 0.351. The Bertz CT molecular complexity index is 1210. The minimum Gasteiger partial charge on any atom is -0.478 e. The molecule has 1 aliphatic heterocycles. The molecule has 3 aromatic rings. The Morgan fingerprint density at radius 3 is 2.61 bits per heavy atom. The number of carboxylic acid groups (broad SMARTS) is 1. The van der Waals surface area contributed by atoms with Gasteiger partial charge in [-0.05, 0) is 77.9 Å². The Morgan fingerprint density at radius 2 is 1.87 bits per heavy atom. The summed E-state index contributed by atoms with van der Waals surface area (Å²) in [6.07, 6.45) is 1.63. The second kappa shape index (κ2) is 7.50. The molecule has 0 radical (unpaired) electrons. The number of aromatic carboxylic acids is 1. The average Bonchev–Trinajstić information content (AvgIpc) is 3.43. The normalized spacial score (nSPS) is 21.4. The Labute approximate surface area is 193 Å². The zero-order valence-corrected chi connectivity index (χ0v) is 18.9. The molecular formula is C25H19BrClNO3. The van der Waals surface area contributed by atoms with Gasteiger partial charge >= 0.3 is 5.97 Å². The van der Waals surface area contributed by atoms with Gasteiger partial charge in [0.25, 0.3) is 0 Å². The zero-order chi connectivity index (χ0) is 21.8. The first-order chi connectivity index (χ1) is 14.9. The van der Waals surface area contributed by atoms with Gasteiger partial charge in [0.15, 0.2) is 0 Å². The molecule has 1 spiro atoms. The number of amides is 1. The van der Waals surface area contributed by atoms with Crippen LogP contribution >= 0.6 is 27.5 Å². The summed E-state index contributed by atoms with van der Waals surface area (Å²) < 4.78 is 0.949. The topological polar surface area (TPSA) is 57.6 Å². The van der Waals surface area contributed by atoms with E-state index in [1.807, 2.05) is 47.4 Å². The third-order valence-electron chi connectivity index (χ3n) is 6.37. The van der Waals surface area contributed by atoms with Gasteiger partial charge in [-0.3, -0.25) is 4.79 Å². The molecule has 0 aromatic heterocycles. The summed E-state index contributed by atoms with van der Waals surface area (Å²) in [4.78, 5) is 26.9. The van der Waals surface area contributed by atoms with Crippen molar-refractivity contribution in [2.75, 3.05) is 4.90 Å². The van der Waals surface area contributed by atoms with Gasteiger partial charge in [0.1, 0.15) is 0 Å². The lowest BCUT2D eigenvalue weighted by Gasteiger charge is -2.19. The van der Waals surface area contributed by atoms with Gasteiger partial charge in [-0.2, -0.15) is 0 Å². The van der Waals surface area contributed by atoms with Crippen LogP contribution in [0.2, 0.25) is 5.02 Å². The lowest BCUT2D eigenvalue weighted by molar-refractivity contribution is -0.120. The van der Waals surface area contributed by atoms with E-state index in [-0.39, 0.29) is 17.4 Å². The van der Waals surface area contributed by atoms with Crippen molar-refractivity contribution in [2.45, 2.75) is 24.8 Å². The quantitative estimate of drug-likeness (QED) is 0.482. The fraction of sp³-hybridized carbons (Fsp3) is 0.200. The number of anilines is 1. The highest BCUT2D eigenvalue weighted by Gasteiger charge is 2.66. The van der Waals surface area contributed by atoms with Crippen LogP contribution in [0, 0.1) is 5.92 Å². The molecule has 1 amide bonds. The number of carboxylic acids is 1. The summed E-state index contributed by atoms with van der Waals surface area (Å²) >= 11 is 9.58. The van der Waals surface area contributed by atoms with Crippen molar-refractivity contribution in [1.29, 1.82) is 0 Å². The third kappa shape index (κ3) is 3.46. The Hall–Kier alpha value is -2.63. The Morgan fingerprint density at radius 1 is 1.10 bits per heavy atom. The van der Waals surface area contributed by atoms with Gasteiger partial charge in [0.05, 0.1) is 17.5 Å². The van der Waals surface area contributed by atoms with Crippen molar-refractivity contribution >= 4 is 45.1 Å². The molecule has 31 heavy (non-hydrogen) atoms. The van der Waals surface area contributed by atoms with E-state index in [1.165, 1.54) is 5.56 Å². The van der Waals surface area contributed by atoms with Gasteiger partial charge in [-0.15, -0.1) is 0 Å². The van der Waals surface area contributed by atoms with Crippen LogP contribution in [0.5, 0.6) is 0 Å². The van der Waals surface area contributed by atoms with Gasteiger partial charge < -0.3 is 10.0 Å². The monoisotopic (exact) mass is 495 g/mol. The van der Waals surface area contributed by atoms with Crippen LogP contribution in [0.3, 0.4) is 0 Å². The van der Waals surface area contributed by atoms with Crippen LogP contribution in [0.4, 0.5) is 5.69 Å². The molecule has 4 nitrogen and oxygen atoms in total. The van der Waals surface area contributed by atoms with Gasteiger partial charge in [0, 0.05) is 15.2 Å². The number of fused-ring (bicyclic) bond motifs is 2. The summed E-state index contributed by atoms with van der Waals surface area (Å²) in [7, 11) is 0. The van der Waals surface area contributed by atoms with E-state index in [0.29, 0.717) is 11.6 Å². The molecular weight excluding hydrogens is 478 g/mol. The number of halogens is 2. The first-order valence-corrected chi connectivity index (χ1v) is 11.2. The summed E-state index contributed by atoms with van der Waals surface area (Å²) in [5.74, 6) is -0.648.